The van der Waals surface area contributed by atoms with Gasteiger partial charge in [-0.15, -0.1) is 0 Å². The lowest BCUT2D eigenvalue weighted by atomic mass is 10.1. The van der Waals surface area contributed by atoms with Crippen LogP contribution in [0, 0.1) is 10.1 Å². The van der Waals surface area contributed by atoms with Crippen LogP contribution in [0.2, 0.25) is 5.02 Å². The van der Waals surface area contributed by atoms with E-state index in [4.69, 9.17) is 17.3 Å². The topological polar surface area (TPSA) is 116 Å². The second-order valence-corrected chi connectivity index (χ2v) is 4.76. The lowest BCUT2D eigenvalue weighted by Gasteiger charge is -2.06. The standard InChI is InChI=1S/C12H12ClN5O3/c1-17-6-7(5-16-17)4-15-12(19)8-2-9(13)11(14)10(3-8)18(20)21/h2-3,5-6H,4,14H2,1H3,(H,15,19). The number of rotatable bonds is 4. The minimum Gasteiger partial charge on any atom is -0.392 e. The number of nitrogens with one attached hydrogen (secondary N) is 1. The maximum Gasteiger partial charge on any atom is 0.294 e. The first-order valence-electron chi connectivity index (χ1n) is 5.87. The molecule has 0 radical (unpaired) electrons. The van der Waals surface area contributed by atoms with Gasteiger partial charge in [0.2, 0.25) is 0 Å². The molecule has 0 unspecified atom stereocenters. The molecular formula is C12H12ClN5O3. The number of anilines is 1. The molecule has 0 aliphatic carbocycles. The zero-order valence-corrected chi connectivity index (χ0v) is 11.8. The number of carbonyl (C=O) groups excluding carboxylic acids is 1. The van der Waals surface area contributed by atoms with E-state index in [2.05, 4.69) is 10.4 Å². The highest BCUT2D eigenvalue weighted by Gasteiger charge is 2.19. The largest absolute Gasteiger partial charge is 0.392 e. The number of amides is 1. The van der Waals surface area contributed by atoms with Crippen molar-refractivity contribution < 1.29 is 9.72 Å². The molecule has 0 fully saturated rings. The smallest absolute Gasteiger partial charge is 0.294 e. The number of hydrogen-bond donors (Lipinski definition) is 2. The molecule has 110 valence electrons. The first-order valence-corrected chi connectivity index (χ1v) is 6.25. The van der Waals surface area contributed by atoms with Crippen LogP contribution in [0.3, 0.4) is 0 Å². The molecule has 1 heterocycles. The van der Waals surface area contributed by atoms with E-state index in [1.54, 1.807) is 24.1 Å². The van der Waals surface area contributed by atoms with Gasteiger partial charge in [0, 0.05) is 37.0 Å². The number of nitro benzene ring substituents is 1. The van der Waals surface area contributed by atoms with Crippen molar-refractivity contribution in [3.8, 4) is 0 Å². The molecule has 0 atom stereocenters. The average molecular weight is 310 g/mol. The molecular weight excluding hydrogens is 298 g/mol. The van der Waals surface area contributed by atoms with Crippen LogP contribution in [-0.2, 0) is 13.6 Å². The average Bonchev–Trinajstić information content (AvgIpc) is 2.84. The van der Waals surface area contributed by atoms with Crippen molar-refractivity contribution in [3.63, 3.8) is 0 Å². The van der Waals surface area contributed by atoms with Crippen molar-refractivity contribution in [2.24, 2.45) is 7.05 Å². The second kappa shape index (κ2) is 5.80. The molecule has 2 aromatic rings. The van der Waals surface area contributed by atoms with Crippen LogP contribution in [0.1, 0.15) is 15.9 Å². The van der Waals surface area contributed by atoms with Gasteiger partial charge in [-0.2, -0.15) is 5.10 Å². The minimum atomic E-state index is -0.681. The maximum absolute atomic E-state index is 12.0. The van der Waals surface area contributed by atoms with Crippen molar-refractivity contribution >= 4 is 28.9 Å². The summed E-state index contributed by atoms with van der Waals surface area (Å²) in [6, 6.07) is 2.39. The third kappa shape index (κ3) is 3.29. The first-order chi connectivity index (χ1) is 9.88. The van der Waals surface area contributed by atoms with Gasteiger partial charge in [-0.3, -0.25) is 19.6 Å². The van der Waals surface area contributed by atoms with Crippen molar-refractivity contribution in [2.75, 3.05) is 5.73 Å². The molecule has 1 aromatic carbocycles. The Bertz CT molecular complexity index is 713. The molecule has 0 bridgehead atoms. The molecule has 0 saturated carbocycles. The normalized spacial score (nSPS) is 10.4. The molecule has 9 heteroatoms. The fraction of sp³-hybridized carbons (Fsp3) is 0.167. The Kier molecular flexibility index (Phi) is 4.08. The Morgan fingerprint density at radius 2 is 2.29 bits per heavy atom. The van der Waals surface area contributed by atoms with Crippen LogP contribution < -0.4 is 11.1 Å². The number of benzene rings is 1. The van der Waals surface area contributed by atoms with Gasteiger partial charge in [0.1, 0.15) is 5.69 Å². The minimum absolute atomic E-state index is 0.0317. The summed E-state index contributed by atoms with van der Waals surface area (Å²) in [4.78, 5) is 22.2. The number of nitro groups is 1. The molecule has 8 nitrogen and oxygen atoms in total. The Morgan fingerprint density at radius 1 is 1.57 bits per heavy atom. The molecule has 0 spiro atoms. The number of hydrogen-bond acceptors (Lipinski definition) is 5. The molecule has 0 saturated heterocycles. The van der Waals surface area contributed by atoms with Crippen molar-refractivity contribution in [1.82, 2.24) is 15.1 Å². The van der Waals surface area contributed by atoms with Gasteiger partial charge in [-0.25, -0.2) is 0 Å². The Morgan fingerprint density at radius 3 is 2.86 bits per heavy atom. The zero-order chi connectivity index (χ0) is 15.6. The highest BCUT2D eigenvalue weighted by Crippen LogP contribution is 2.30. The number of nitrogens with two attached hydrogens (primary N) is 1. The summed E-state index contributed by atoms with van der Waals surface area (Å²) in [5, 5.41) is 17.4. The summed E-state index contributed by atoms with van der Waals surface area (Å²) in [5.74, 6) is -0.483. The van der Waals surface area contributed by atoms with E-state index in [0.717, 1.165) is 11.6 Å². The lowest BCUT2D eigenvalue weighted by molar-refractivity contribution is -0.383. The first kappa shape index (κ1) is 14.8. The van der Waals surface area contributed by atoms with Gasteiger partial charge in [0.05, 0.1) is 16.1 Å². The summed E-state index contributed by atoms with van der Waals surface area (Å²) in [7, 11) is 1.76. The summed E-state index contributed by atoms with van der Waals surface area (Å²) in [6.07, 6.45) is 3.36. The van der Waals surface area contributed by atoms with Crippen LogP contribution in [0.15, 0.2) is 24.5 Å². The number of nitrogen functional groups attached to an aromatic ring is 1. The Balaban J connectivity index is 2.17. The van der Waals surface area contributed by atoms with Crippen LogP contribution in [-0.4, -0.2) is 20.6 Å². The van der Waals surface area contributed by atoms with E-state index in [0.29, 0.717) is 0 Å². The molecule has 3 N–H and O–H groups in total. The van der Waals surface area contributed by atoms with E-state index in [9.17, 15) is 14.9 Å². The van der Waals surface area contributed by atoms with Crippen molar-refractivity contribution in [3.05, 3.63) is 50.8 Å². The number of aryl methyl sites for hydroxylation is 1. The molecule has 0 aliphatic rings. The fourth-order valence-electron chi connectivity index (χ4n) is 1.73. The summed E-state index contributed by atoms with van der Waals surface area (Å²) in [5.41, 5.74) is 5.83. The van der Waals surface area contributed by atoms with Crippen LogP contribution >= 0.6 is 11.6 Å². The quantitative estimate of drug-likeness (QED) is 0.504. The number of carbonyl (C=O) groups is 1. The highest BCUT2D eigenvalue weighted by molar-refractivity contribution is 6.34. The van der Waals surface area contributed by atoms with E-state index in [-0.39, 0.29) is 22.8 Å². The summed E-state index contributed by atoms with van der Waals surface area (Å²) < 4.78 is 1.60. The van der Waals surface area contributed by atoms with Gasteiger partial charge in [0.15, 0.2) is 0 Å². The maximum atomic E-state index is 12.0. The van der Waals surface area contributed by atoms with Gasteiger partial charge in [0.25, 0.3) is 11.6 Å². The monoisotopic (exact) mass is 309 g/mol. The zero-order valence-electron chi connectivity index (χ0n) is 11.0. The summed E-state index contributed by atoms with van der Waals surface area (Å²) >= 11 is 5.80. The molecule has 1 aromatic heterocycles. The summed E-state index contributed by atoms with van der Waals surface area (Å²) in [6.45, 7) is 0.252. The Labute approximate surface area is 124 Å². The number of halogens is 1. The fourth-order valence-corrected chi connectivity index (χ4v) is 1.95. The van der Waals surface area contributed by atoms with Gasteiger partial charge in [-0.1, -0.05) is 11.6 Å². The molecule has 1 amide bonds. The highest BCUT2D eigenvalue weighted by atomic mass is 35.5. The molecule has 21 heavy (non-hydrogen) atoms. The second-order valence-electron chi connectivity index (χ2n) is 4.35. The van der Waals surface area contributed by atoms with Gasteiger partial charge < -0.3 is 11.1 Å². The van der Waals surface area contributed by atoms with Crippen molar-refractivity contribution in [2.45, 2.75) is 6.54 Å². The van der Waals surface area contributed by atoms with E-state index < -0.39 is 16.5 Å². The van der Waals surface area contributed by atoms with Gasteiger partial charge >= 0.3 is 0 Å². The predicted octanol–water partition coefficient (Wildman–Crippen LogP) is 1.49. The van der Waals surface area contributed by atoms with Crippen molar-refractivity contribution in [1.29, 1.82) is 0 Å². The predicted molar refractivity (Wildman–Crippen MR) is 76.9 cm³/mol. The van der Waals surface area contributed by atoms with Gasteiger partial charge in [-0.05, 0) is 6.07 Å². The van der Waals surface area contributed by atoms with Crippen LogP contribution in [0.5, 0.6) is 0 Å². The van der Waals surface area contributed by atoms with E-state index in [1.165, 1.54) is 6.07 Å². The Hall–Kier alpha value is -2.61. The third-order valence-electron chi connectivity index (χ3n) is 2.78. The SMILES string of the molecule is Cn1cc(CNC(=O)c2cc(Cl)c(N)c([N+](=O)[O-])c2)cn1. The van der Waals surface area contributed by atoms with E-state index in [1.807, 2.05) is 0 Å². The number of nitrogens with zero attached hydrogens (tertiary/aromatic N) is 3. The van der Waals surface area contributed by atoms with Crippen LogP contribution in [0.25, 0.3) is 0 Å². The number of aromatic nitrogens is 2. The lowest BCUT2D eigenvalue weighted by Crippen LogP contribution is -2.22. The van der Waals surface area contributed by atoms with E-state index >= 15 is 0 Å². The molecule has 0 aliphatic heterocycles. The van der Waals surface area contributed by atoms with Crippen LogP contribution in [0.4, 0.5) is 11.4 Å². The molecule has 2 rings (SSSR count). The third-order valence-corrected chi connectivity index (χ3v) is 3.09.